The molecule has 0 N–H and O–H groups in total. The molecular formula is C72H116BCl2IN10O10Si4. The van der Waals surface area contributed by atoms with E-state index in [0.717, 1.165) is 111 Å². The van der Waals surface area contributed by atoms with Crippen molar-refractivity contribution in [2.75, 3.05) is 91.0 Å². The molecule has 0 spiro atoms. The molecule has 5 fully saturated rings. The van der Waals surface area contributed by atoms with Gasteiger partial charge in [0.25, 0.3) is 0 Å². The van der Waals surface area contributed by atoms with Crippen LogP contribution in [0, 0.1) is 27.2 Å². The first-order valence-corrected chi connectivity index (χ1v) is 53.0. The predicted molar refractivity (Wildman–Crippen MR) is 423 cm³/mol. The number of nitrogens with zero attached hydrogens (tertiary/aromatic N) is 10. The van der Waals surface area contributed by atoms with E-state index >= 15 is 0 Å². The molecule has 20 nitrogen and oxygen atoms in total. The van der Waals surface area contributed by atoms with E-state index in [-0.39, 0.29) is 23.9 Å². The molecule has 6 aromatic rings. The van der Waals surface area contributed by atoms with Crippen molar-refractivity contribution < 1.29 is 47.2 Å². The van der Waals surface area contributed by atoms with Gasteiger partial charge in [-0.3, -0.25) is 0 Å². The Morgan fingerprint density at radius 2 is 0.900 bits per heavy atom. The van der Waals surface area contributed by atoms with Crippen LogP contribution in [0.25, 0.3) is 22.4 Å². The number of hydrogen-bond acceptors (Lipinski definition) is 18. The van der Waals surface area contributed by atoms with Gasteiger partial charge in [0.05, 0.1) is 27.2 Å². The van der Waals surface area contributed by atoms with Crippen LogP contribution < -0.4 is 24.7 Å². The molecule has 4 saturated carbocycles. The third-order valence-corrected chi connectivity index (χ3v) is 28.4. The molecule has 4 bridgehead atoms. The van der Waals surface area contributed by atoms with Gasteiger partial charge in [-0.15, -0.1) is 0 Å². The number of hydrogen-bond donors (Lipinski definition) is 0. The lowest BCUT2D eigenvalue weighted by atomic mass is 9.79. The molecule has 554 valence electrons. The molecule has 6 atom stereocenters. The second-order valence-corrected chi connectivity index (χ2v) is 58.6. The number of aromatic nitrogens is 8. The lowest BCUT2D eigenvalue weighted by Crippen LogP contribution is -2.41. The molecule has 0 amide bonds. The summed E-state index contributed by atoms with van der Waals surface area (Å²) in [5, 5.41) is 10.2. The lowest BCUT2D eigenvalue weighted by Gasteiger charge is -2.32. The highest BCUT2D eigenvalue weighted by atomic mass is 127. The molecule has 1 saturated heterocycles. The maximum atomic E-state index is 6.36. The van der Waals surface area contributed by atoms with E-state index in [9.17, 15) is 0 Å². The van der Waals surface area contributed by atoms with Gasteiger partial charge in [-0.05, 0) is 149 Å². The van der Waals surface area contributed by atoms with Crippen LogP contribution >= 0.6 is 45.8 Å². The smallest absolute Gasteiger partial charge is 0.464 e. The summed E-state index contributed by atoms with van der Waals surface area (Å²) in [5.41, 5.74) is 5.79. The highest BCUT2D eigenvalue weighted by Gasteiger charge is 2.52. The Labute approximate surface area is 624 Å². The van der Waals surface area contributed by atoms with Crippen LogP contribution in [0.4, 0.5) is 11.6 Å². The zero-order chi connectivity index (χ0) is 72.4. The van der Waals surface area contributed by atoms with Crippen molar-refractivity contribution in [2.24, 2.45) is 23.7 Å². The first-order valence-electron chi connectivity index (χ1n) is 36.3. The molecule has 0 aromatic carbocycles. The van der Waals surface area contributed by atoms with E-state index in [0.29, 0.717) is 50.3 Å². The van der Waals surface area contributed by atoms with Gasteiger partial charge in [0.1, 0.15) is 38.6 Å². The second kappa shape index (κ2) is 35.4. The Balaban J connectivity index is 0.000000188. The molecule has 5 aliphatic rings. The Kier molecular flexibility index (Phi) is 28.6. The molecule has 4 aliphatic carbocycles. The van der Waals surface area contributed by atoms with Crippen LogP contribution in [0.15, 0.2) is 49.1 Å². The van der Waals surface area contributed by atoms with E-state index < -0.39 is 50.6 Å². The fourth-order valence-corrected chi connectivity index (χ4v) is 17.4. The maximum absolute atomic E-state index is 6.36. The molecule has 11 rings (SSSR count). The minimum atomic E-state index is -1.23. The minimum absolute atomic E-state index is 0.0839. The van der Waals surface area contributed by atoms with E-state index in [1.807, 2.05) is 55.2 Å². The van der Waals surface area contributed by atoms with Crippen LogP contribution in [-0.2, 0) is 37.7 Å². The standard InChI is InChI=1S/C33H52ClN5O4Si2.C26H45IN4O2Si2.C13H19BClNO4/c1-40-23-43-30-17-27(19-35-32(30)34)28-20-36-39-31(18-29(37-33(28)39)26-15-24-8-9-25(14-24)16-26)38(21-41-10-12-44(2,3)4)22-42-11-13-45(5,6)7;1-34(2,3)11-9-32-18-30(19-33-10-12-35(4,5)6)25-16-24(29-26-23(27)17-28-31(25)26)22-14-20-7-8-21(13-20)15-22;1-12(2)13(3,4)20-14(19-12)9-6-10(18-8-17-5)11(15)16-7-9/h17-20,24-26H,8-16,21-23H2,1-7H3;16-17,20-22H,7-15,18-19H2,1-6H3;6-7H,8H2,1-5H3/t24-,25+,26?;20-,21+,22?;. The van der Waals surface area contributed by atoms with E-state index in [2.05, 4.69) is 133 Å². The number of halogens is 3. The SMILES string of the molecule is COCOc1cc(-c2cnn3c(N(COCC[Si](C)(C)C)COCC[Si](C)(C)C)cc(C4C[C@H]5CC[C@@H](C4)C5)nc23)cnc1Cl.COCOc1cc(B2OC(C)(C)C(C)(C)O2)cnc1Cl.C[Si](C)(C)CCOCN(COCC[Si](C)(C)C)c1cc(C2C[C@H]3CC[C@@H](C2)C3)nc2c(I)cnn12. The van der Waals surface area contributed by atoms with Crippen molar-refractivity contribution in [3.63, 3.8) is 0 Å². The van der Waals surface area contributed by atoms with Gasteiger partial charge < -0.3 is 57.0 Å². The summed E-state index contributed by atoms with van der Waals surface area (Å²) in [6, 6.07) is 12.7. The molecule has 6 aromatic heterocycles. The lowest BCUT2D eigenvalue weighted by molar-refractivity contribution is 0.00578. The molecule has 7 heterocycles. The summed E-state index contributed by atoms with van der Waals surface area (Å²) in [6.45, 7) is 41.8. The Morgan fingerprint density at radius 3 is 1.31 bits per heavy atom. The van der Waals surface area contributed by atoms with Crippen molar-refractivity contribution in [3.8, 4) is 22.6 Å². The van der Waals surface area contributed by atoms with Gasteiger partial charge in [-0.1, -0.05) is 127 Å². The number of ether oxygens (including phenoxy) is 8. The molecule has 2 unspecified atom stereocenters. The molecule has 100 heavy (non-hydrogen) atoms. The van der Waals surface area contributed by atoms with Crippen molar-refractivity contribution in [3.05, 3.63) is 74.3 Å². The van der Waals surface area contributed by atoms with Gasteiger partial charge in [0.2, 0.25) is 0 Å². The molecule has 1 aliphatic heterocycles. The minimum Gasteiger partial charge on any atom is -0.464 e. The highest BCUT2D eigenvalue weighted by Crippen LogP contribution is 2.50. The topological polar surface area (TPSA) is 185 Å². The summed E-state index contributed by atoms with van der Waals surface area (Å²) in [6.07, 6.45) is 20.4. The van der Waals surface area contributed by atoms with E-state index in [4.69, 9.17) is 90.6 Å². The Bertz CT molecular complexity index is 3530. The van der Waals surface area contributed by atoms with Crippen LogP contribution in [0.1, 0.15) is 115 Å². The summed E-state index contributed by atoms with van der Waals surface area (Å²) in [4.78, 5) is 23.4. The van der Waals surface area contributed by atoms with Crippen molar-refractivity contribution in [1.29, 1.82) is 0 Å². The van der Waals surface area contributed by atoms with Gasteiger partial charge >= 0.3 is 7.12 Å². The largest absolute Gasteiger partial charge is 0.496 e. The van der Waals surface area contributed by atoms with Crippen LogP contribution in [0.5, 0.6) is 11.5 Å². The summed E-state index contributed by atoms with van der Waals surface area (Å²) >= 11 is 14.7. The predicted octanol–water partition coefficient (Wildman–Crippen LogP) is 17.2. The number of rotatable bonds is 32. The molecule has 0 radical (unpaired) electrons. The zero-order valence-corrected chi connectivity index (χ0v) is 71.0. The fourth-order valence-electron chi connectivity index (χ4n) is 13.6. The number of pyridine rings is 2. The van der Waals surface area contributed by atoms with E-state index in [1.165, 1.54) is 82.0 Å². The quantitative estimate of drug-likeness (QED) is 0.0128. The third kappa shape index (κ3) is 23.1. The Hall–Kier alpha value is -3.34. The average Bonchev–Trinajstić information content (AvgIpc) is 1.58. The molecular weight excluding hydrogens is 1490 g/mol. The third-order valence-electron chi connectivity index (χ3n) is 20.3. The first-order chi connectivity index (χ1) is 47.1. The second-order valence-electron chi connectivity index (χ2n) is 34.3. The fraction of sp³-hybridized carbons (Fsp3) is 0.694. The van der Waals surface area contributed by atoms with Crippen LogP contribution in [-0.4, -0.2) is 171 Å². The summed E-state index contributed by atoms with van der Waals surface area (Å²) in [7, 11) is -2.10. The Morgan fingerprint density at radius 1 is 0.520 bits per heavy atom. The van der Waals surface area contributed by atoms with Gasteiger partial charge in [-0.2, -0.15) is 19.2 Å². The monoisotopic (exact) mass is 1600 g/mol. The summed E-state index contributed by atoms with van der Waals surface area (Å²) < 4.78 is 63.1. The van der Waals surface area contributed by atoms with Gasteiger partial charge in [0, 0.05) is 137 Å². The van der Waals surface area contributed by atoms with Crippen molar-refractivity contribution in [1.82, 2.24) is 39.2 Å². The van der Waals surface area contributed by atoms with Gasteiger partial charge in [-0.25, -0.2) is 19.9 Å². The van der Waals surface area contributed by atoms with Crippen LogP contribution in [0.2, 0.25) is 113 Å². The number of anilines is 2. The summed E-state index contributed by atoms with van der Waals surface area (Å²) in [5.74, 6) is 7.24. The highest BCUT2D eigenvalue weighted by molar-refractivity contribution is 14.1. The van der Waals surface area contributed by atoms with Crippen molar-refractivity contribution >= 4 is 114 Å². The van der Waals surface area contributed by atoms with E-state index in [1.54, 1.807) is 32.7 Å². The average molecular weight is 1600 g/mol. The maximum Gasteiger partial charge on any atom is 0.496 e. The number of methoxy groups -OCH3 is 2. The zero-order valence-electron chi connectivity index (χ0n) is 63.3. The van der Waals surface area contributed by atoms with Crippen LogP contribution in [0.3, 0.4) is 0 Å². The van der Waals surface area contributed by atoms with Crippen molar-refractivity contribution in [2.45, 2.75) is 218 Å². The molecule has 28 heteroatoms. The first kappa shape index (κ1) is 80.8. The normalized spacial score (nSPS) is 21.1. The number of fused-ring (bicyclic) bond motifs is 6. The van der Waals surface area contributed by atoms with Gasteiger partial charge in [0.15, 0.2) is 46.7 Å².